The van der Waals surface area contributed by atoms with Gasteiger partial charge in [-0.15, -0.1) is 0 Å². The molecule has 10 heteroatoms. The van der Waals surface area contributed by atoms with Crippen LogP contribution in [0, 0.1) is 6.92 Å². The summed E-state index contributed by atoms with van der Waals surface area (Å²) in [5.41, 5.74) is 2.93. The van der Waals surface area contributed by atoms with Gasteiger partial charge in [-0.1, -0.05) is 83.4 Å². The second-order valence-corrected chi connectivity index (χ2v) is 11.7. The van der Waals surface area contributed by atoms with E-state index >= 15 is 0 Å². The summed E-state index contributed by atoms with van der Waals surface area (Å²) in [4.78, 5) is 28.7. The molecule has 0 aromatic heterocycles. The molecule has 0 spiro atoms. The van der Waals surface area contributed by atoms with E-state index in [4.69, 9.17) is 23.2 Å². The maximum atomic E-state index is 13.9. The number of aryl methyl sites for hydroxylation is 1. The van der Waals surface area contributed by atoms with Gasteiger partial charge >= 0.3 is 0 Å². The van der Waals surface area contributed by atoms with Crippen molar-refractivity contribution in [3.63, 3.8) is 0 Å². The Kier molecular flexibility index (Phi) is 10.2. The number of nitrogens with one attached hydrogen (secondary N) is 1. The van der Waals surface area contributed by atoms with E-state index in [1.807, 2.05) is 61.5 Å². The first-order valence-electron chi connectivity index (χ1n) is 12.1. The summed E-state index contributed by atoms with van der Waals surface area (Å²) in [6, 6.07) is 20.5. The van der Waals surface area contributed by atoms with Crippen LogP contribution in [-0.2, 0) is 32.6 Å². The van der Waals surface area contributed by atoms with E-state index in [0.29, 0.717) is 6.54 Å². The molecule has 3 rings (SSSR count). The van der Waals surface area contributed by atoms with E-state index in [1.54, 1.807) is 6.92 Å². The lowest BCUT2D eigenvalue weighted by Crippen LogP contribution is -2.53. The molecule has 38 heavy (non-hydrogen) atoms. The van der Waals surface area contributed by atoms with Crippen LogP contribution >= 0.6 is 23.2 Å². The molecule has 0 bridgehead atoms. The van der Waals surface area contributed by atoms with Crippen molar-refractivity contribution in [3.8, 4) is 0 Å². The van der Waals surface area contributed by atoms with Crippen molar-refractivity contribution in [1.29, 1.82) is 0 Å². The van der Waals surface area contributed by atoms with Gasteiger partial charge in [0.1, 0.15) is 12.6 Å². The van der Waals surface area contributed by atoms with Crippen molar-refractivity contribution in [3.05, 3.63) is 99.5 Å². The summed E-state index contributed by atoms with van der Waals surface area (Å²) >= 11 is 12.2. The molecule has 0 aliphatic heterocycles. The van der Waals surface area contributed by atoms with Crippen LogP contribution in [0.4, 0.5) is 5.69 Å². The Hall–Kier alpha value is -3.07. The standard InChI is InChI=1S/C28H31Cl2N3O4S/c1-4-31-28(35)26(16-21-8-6-5-7-9-21)32(18-22-12-10-20(2)11-13-22)27(34)19-33(38(3,36)37)23-14-15-24(29)25(30)17-23/h5-15,17,26H,4,16,18-19H2,1-3H3,(H,31,35)/t26-/m0/s1. The molecule has 0 unspecified atom stereocenters. The van der Waals surface area contributed by atoms with E-state index in [-0.39, 0.29) is 34.6 Å². The number of carbonyl (C=O) groups excluding carboxylic acids is 2. The molecule has 0 aliphatic carbocycles. The fourth-order valence-corrected chi connectivity index (χ4v) is 5.12. The highest BCUT2D eigenvalue weighted by Crippen LogP contribution is 2.29. The number of carbonyl (C=O) groups is 2. The molecule has 1 atom stereocenters. The van der Waals surface area contributed by atoms with Crippen LogP contribution in [0.5, 0.6) is 0 Å². The number of likely N-dealkylation sites (N-methyl/N-ethyl adjacent to an activating group) is 1. The smallest absolute Gasteiger partial charge is 0.244 e. The summed E-state index contributed by atoms with van der Waals surface area (Å²) in [7, 11) is -3.89. The maximum Gasteiger partial charge on any atom is 0.244 e. The van der Waals surface area contributed by atoms with Crippen molar-refractivity contribution in [2.45, 2.75) is 32.9 Å². The Bertz CT molecular complexity index is 1370. The van der Waals surface area contributed by atoms with Crippen molar-refractivity contribution >= 4 is 50.7 Å². The Morgan fingerprint density at radius 1 is 0.921 bits per heavy atom. The number of anilines is 1. The molecule has 2 amide bonds. The first kappa shape index (κ1) is 29.5. The van der Waals surface area contributed by atoms with Crippen LogP contribution in [-0.4, -0.2) is 50.5 Å². The van der Waals surface area contributed by atoms with E-state index in [0.717, 1.165) is 27.3 Å². The molecule has 3 aromatic carbocycles. The highest BCUT2D eigenvalue weighted by atomic mass is 35.5. The molecular weight excluding hydrogens is 545 g/mol. The van der Waals surface area contributed by atoms with Gasteiger partial charge in [0, 0.05) is 19.5 Å². The van der Waals surface area contributed by atoms with Crippen LogP contribution in [0.3, 0.4) is 0 Å². The zero-order valence-electron chi connectivity index (χ0n) is 21.5. The van der Waals surface area contributed by atoms with Gasteiger partial charge in [-0.3, -0.25) is 13.9 Å². The number of hydrogen-bond acceptors (Lipinski definition) is 4. The highest BCUT2D eigenvalue weighted by molar-refractivity contribution is 7.92. The Labute approximate surface area is 234 Å². The van der Waals surface area contributed by atoms with Crippen LogP contribution in [0.15, 0.2) is 72.8 Å². The summed E-state index contributed by atoms with van der Waals surface area (Å²) in [5, 5.41) is 3.25. The SMILES string of the molecule is CCNC(=O)[C@H](Cc1ccccc1)N(Cc1ccc(C)cc1)C(=O)CN(c1ccc(Cl)c(Cl)c1)S(C)(=O)=O. The molecule has 1 N–H and O–H groups in total. The van der Waals surface area contributed by atoms with Crippen molar-refractivity contribution < 1.29 is 18.0 Å². The second kappa shape index (κ2) is 13.1. The average molecular weight is 577 g/mol. The lowest BCUT2D eigenvalue weighted by atomic mass is 10.0. The van der Waals surface area contributed by atoms with Gasteiger partial charge in [0.2, 0.25) is 21.8 Å². The monoisotopic (exact) mass is 575 g/mol. The predicted octanol–water partition coefficient (Wildman–Crippen LogP) is 4.84. The van der Waals surface area contributed by atoms with E-state index < -0.39 is 28.5 Å². The topological polar surface area (TPSA) is 86.8 Å². The van der Waals surface area contributed by atoms with Gasteiger partial charge in [0.25, 0.3) is 0 Å². The first-order chi connectivity index (χ1) is 18.0. The predicted molar refractivity (Wildman–Crippen MR) is 153 cm³/mol. The largest absolute Gasteiger partial charge is 0.355 e. The molecule has 0 fully saturated rings. The molecule has 3 aromatic rings. The fourth-order valence-electron chi connectivity index (χ4n) is 3.99. The number of benzene rings is 3. The Morgan fingerprint density at radius 2 is 1.58 bits per heavy atom. The average Bonchev–Trinajstić information content (AvgIpc) is 2.87. The number of amides is 2. The molecule has 0 aliphatic rings. The minimum atomic E-state index is -3.89. The van der Waals surface area contributed by atoms with Crippen LogP contribution in [0.1, 0.15) is 23.6 Å². The lowest BCUT2D eigenvalue weighted by Gasteiger charge is -2.33. The van der Waals surface area contributed by atoms with E-state index in [1.165, 1.54) is 23.1 Å². The van der Waals surface area contributed by atoms with Gasteiger partial charge in [0.05, 0.1) is 22.0 Å². The fraction of sp³-hybridized carbons (Fsp3) is 0.286. The molecule has 0 radical (unpaired) electrons. The third kappa shape index (κ3) is 7.96. The Morgan fingerprint density at radius 3 is 2.16 bits per heavy atom. The minimum absolute atomic E-state index is 0.118. The van der Waals surface area contributed by atoms with E-state index in [9.17, 15) is 18.0 Å². The molecule has 202 valence electrons. The van der Waals surface area contributed by atoms with Crippen molar-refractivity contribution in [2.75, 3.05) is 23.7 Å². The van der Waals surface area contributed by atoms with Crippen molar-refractivity contribution in [1.82, 2.24) is 10.2 Å². The zero-order chi connectivity index (χ0) is 27.9. The molecule has 7 nitrogen and oxygen atoms in total. The van der Waals surface area contributed by atoms with Gasteiger partial charge in [-0.25, -0.2) is 8.42 Å². The summed E-state index contributed by atoms with van der Waals surface area (Å²) in [6.45, 7) is 3.75. The first-order valence-corrected chi connectivity index (χ1v) is 14.7. The zero-order valence-corrected chi connectivity index (χ0v) is 23.9. The normalized spacial score (nSPS) is 12.0. The van der Waals surface area contributed by atoms with Gasteiger partial charge in [-0.2, -0.15) is 0 Å². The molecular formula is C28H31Cl2N3O4S. The second-order valence-electron chi connectivity index (χ2n) is 8.98. The minimum Gasteiger partial charge on any atom is -0.355 e. The number of rotatable bonds is 11. The highest BCUT2D eigenvalue weighted by Gasteiger charge is 2.33. The summed E-state index contributed by atoms with van der Waals surface area (Å²) < 4.78 is 26.5. The van der Waals surface area contributed by atoms with Gasteiger partial charge < -0.3 is 10.2 Å². The molecule has 0 saturated carbocycles. The number of sulfonamides is 1. The third-order valence-electron chi connectivity index (χ3n) is 5.97. The van der Waals surface area contributed by atoms with Gasteiger partial charge in [0.15, 0.2) is 0 Å². The summed E-state index contributed by atoms with van der Waals surface area (Å²) in [6.07, 6.45) is 1.27. The lowest BCUT2D eigenvalue weighted by molar-refractivity contribution is -0.140. The van der Waals surface area contributed by atoms with Crippen molar-refractivity contribution in [2.24, 2.45) is 0 Å². The van der Waals surface area contributed by atoms with Crippen LogP contribution in [0.2, 0.25) is 10.0 Å². The maximum absolute atomic E-state index is 13.9. The van der Waals surface area contributed by atoms with Crippen LogP contribution < -0.4 is 9.62 Å². The van der Waals surface area contributed by atoms with E-state index in [2.05, 4.69) is 5.32 Å². The Balaban J connectivity index is 2.04. The third-order valence-corrected chi connectivity index (χ3v) is 7.85. The quantitative estimate of drug-likeness (QED) is 0.354. The number of halogens is 2. The molecule has 0 heterocycles. The molecule has 0 saturated heterocycles. The summed E-state index contributed by atoms with van der Waals surface area (Å²) in [5.74, 6) is -0.855. The van der Waals surface area contributed by atoms with Gasteiger partial charge in [-0.05, 0) is 43.2 Å². The number of hydrogen-bond donors (Lipinski definition) is 1. The number of nitrogens with zero attached hydrogens (tertiary/aromatic N) is 2. The van der Waals surface area contributed by atoms with Crippen LogP contribution in [0.25, 0.3) is 0 Å².